The second-order valence-corrected chi connectivity index (χ2v) is 6.37. The fourth-order valence-corrected chi connectivity index (χ4v) is 3.93. The first kappa shape index (κ1) is 14.4. The normalized spacial score (nSPS) is 16.1. The molecule has 0 unspecified atom stereocenters. The van der Waals surface area contributed by atoms with Gasteiger partial charge in [0.05, 0.1) is 13.7 Å². The van der Waals surface area contributed by atoms with Gasteiger partial charge in [-0.1, -0.05) is 30.6 Å². The summed E-state index contributed by atoms with van der Waals surface area (Å²) in [5.74, 6) is 1.70. The highest BCUT2D eigenvalue weighted by atomic mass is 32.1. The molecule has 3 rings (SSSR count). The number of hydrogen-bond donors (Lipinski definition) is 1. The summed E-state index contributed by atoms with van der Waals surface area (Å²) in [5, 5.41) is 4.56. The molecule has 4 nitrogen and oxygen atoms in total. The van der Waals surface area contributed by atoms with Gasteiger partial charge in [-0.05, 0) is 31.9 Å². The summed E-state index contributed by atoms with van der Waals surface area (Å²) in [4.78, 5) is 4.74. The Morgan fingerprint density at radius 1 is 1.24 bits per heavy atom. The van der Waals surface area contributed by atoms with E-state index < -0.39 is 0 Å². The number of anilines is 1. The van der Waals surface area contributed by atoms with Gasteiger partial charge >= 0.3 is 0 Å². The van der Waals surface area contributed by atoms with Crippen LogP contribution in [0, 0.1) is 0 Å². The van der Waals surface area contributed by atoms with Crippen LogP contribution in [0.2, 0.25) is 0 Å². The number of thiazole rings is 1. The topological polar surface area (TPSA) is 43.4 Å². The minimum atomic E-state index is 0.556. The van der Waals surface area contributed by atoms with E-state index >= 15 is 0 Å². The number of fused-ring (bicyclic) bond motifs is 1. The highest BCUT2D eigenvalue weighted by Crippen LogP contribution is 2.39. The Labute approximate surface area is 129 Å². The van der Waals surface area contributed by atoms with Crippen LogP contribution >= 0.6 is 11.3 Å². The first-order valence-corrected chi connectivity index (χ1v) is 8.50. The highest BCUT2D eigenvalue weighted by Gasteiger charge is 2.18. The SMILES string of the molecule is CCOc1ccc(OC)c2sc(NC3CCCCC3)nc12. The predicted octanol–water partition coefficient (Wildman–Crippen LogP) is 4.45. The molecule has 1 heterocycles. The fraction of sp³-hybridized carbons (Fsp3) is 0.562. The van der Waals surface area contributed by atoms with Gasteiger partial charge in [0.1, 0.15) is 21.7 Å². The molecule has 1 N–H and O–H groups in total. The smallest absolute Gasteiger partial charge is 0.184 e. The maximum atomic E-state index is 5.68. The number of benzene rings is 1. The molecule has 1 aliphatic rings. The zero-order valence-electron chi connectivity index (χ0n) is 12.6. The van der Waals surface area contributed by atoms with Gasteiger partial charge in [-0.2, -0.15) is 0 Å². The quantitative estimate of drug-likeness (QED) is 0.886. The van der Waals surface area contributed by atoms with Crippen molar-refractivity contribution in [2.24, 2.45) is 0 Å². The second-order valence-electron chi connectivity index (χ2n) is 5.37. The molecule has 21 heavy (non-hydrogen) atoms. The summed E-state index contributed by atoms with van der Waals surface area (Å²) in [5.41, 5.74) is 0.902. The highest BCUT2D eigenvalue weighted by molar-refractivity contribution is 7.22. The van der Waals surface area contributed by atoms with Gasteiger partial charge in [0, 0.05) is 6.04 Å². The molecule has 1 saturated carbocycles. The van der Waals surface area contributed by atoms with Crippen LogP contribution in [0.25, 0.3) is 10.2 Å². The lowest BCUT2D eigenvalue weighted by Crippen LogP contribution is -2.21. The van der Waals surface area contributed by atoms with E-state index in [2.05, 4.69) is 5.32 Å². The van der Waals surface area contributed by atoms with Gasteiger partial charge in [-0.3, -0.25) is 0 Å². The monoisotopic (exact) mass is 306 g/mol. The zero-order valence-corrected chi connectivity index (χ0v) is 13.5. The molecule has 5 heteroatoms. The van der Waals surface area contributed by atoms with Crippen LogP contribution in [-0.4, -0.2) is 24.7 Å². The summed E-state index contributed by atoms with van der Waals surface area (Å²) in [7, 11) is 1.70. The Morgan fingerprint density at radius 3 is 2.71 bits per heavy atom. The van der Waals surface area contributed by atoms with E-state index in [9.17, 15) is 0 Å². The molecule has 1 aromatic carbocycles. The molecule has 1 fully saturated rings. The van der Waals surface area contributed by atoms with Crippen molar-refractivity contribution < 1.29 is 9.47 Å². The third-order valence-corrected chi connectivity index (χ3v) is 4.92. The number of methoxy groups -OCH3 is 1. The summed E-state index contributed by atoms with van der Waals surface area (Å²) in [6.07, 6.45) is 6.48. The third kappa shape index (κ3) is 3.07. The molecule has 2 aromatic rings. The number of ether oxygens (including phenoxy) is 2. The number of nitrogens with one attached hydrogen (secondary N) is 1. The number of aromatic nitrogens is 1. The minimum absolute atomic E-state index is 0.556. The maximum absolute atomic E-state index is 5.68. The van der Waals surface area contributed by atoms with E-state index in [0.29, 0.717) is 12.6 Å². The fourth-order valence-electron chi connectivity index (χ4n) is 2.88. The molecule has 0 radical (unpaired) electrons. The second kappa shape index (κ2) is 6.52. The van der Waals surface area contributed by atoms with Crippen LogP contribution in [0.5, 0.6) is 11.5 Å². The van der Waals surface area contributed by atoms with E-state index in [4.69, 9.17) is 14.5 Å². The Balaban J connectivity index is 1.91. The maximum Gasteiger partial charge on any atom is 0.184 e. The van der Waals surface area contributed by atoms with Crippen LogP contribution < -0.4 is 14.8 Å². The lowest BCUT2D eigenvalue weighted by atomic mass is 9.96. The van der Waals surface area contributed by atoms with Gasteiger partial charge in [0.25, 0.3) is 0 Å². The lowest BCUT2D eigenvalue weighted by molar-refractivity contribution is 0.343. The summed E-state index contributed by atoms with van der Waals surface area (Å²) in [6.45, 7) is 2.63. The van der Waals surface area contributed by atoms with Crippen molar-refractivity contribution in [3.05, 3.63) is 12.1 Å². The molecule has 114 valence electrons. The summed E-state index contributed by atoms with van der Waals surface area (Å²) >= 11 is 1.65. The van der Waals surface area contributed by atoms with Crippen molar-refractivity contribution >= 4 is 26.7 Å². The molecular formula is C16H22N2O2S. The van der Waals surface area contributed by atoms with E-state index in [0.717, 1.165) is 26.8 Å². The molecule has 1 aromatic heterocycles. The van der Waals surface area contributed by atoms with E-state index in [1.807, 2.05) is 19.1 Å². The predicted molar refractivity (Wildman–Crippen MR) is 87.8 cm³/mol. The van der Waals surface area contributed by atoms with Crippen LogP contribution in [0.15, 0.2) is 12.1 Å². The van der Waals surface area contributed by atoms with E-state index in [1.165, 1.54) is 32.1 Å². The Hall–Kier alpha value is -1.49. The molecule has 1 aliphatic carbocycles. The van der Waals surface area contributed by atoms with Crippen molar-refractivity contribution in [3.63, 3.8) is 0 Å². The van der Waals surface area contributed by atoms with Crippen molar-refractivity contribution in [2.75, 3.05) is 19.0 Å². The van der Waals surface area contributed by atoms with Crippen molar-refractivity contribution in [3.8, 4) is 11.5 Å². The first-order chi connectivity index (χ1) is 10.3. The average Bonchev–Trinajstić information content (AvgIpc) is 2.93. The third-order valence-electron chi connectivity index (χ3n) is 3.92. The van der Waals surface area contributed by atoms with Gasteiger partial charge in [0.15, 0.2) is 5.13 Å². The standard InChI is InChI=1S/C16H22N2O2S/c1-3-20-12-9-10-13(19-2)15-14(12)18-16(21-15)17-11-7-5-4-6-8-11/h9-11H,3-8H2,1-2H3,(H,17,18). The van der Waals surface area contributed by atoms with Crippen molar-refractivity contribution in [2.45, 2.75) is 45.1 Å². The average molecular weight is 306 g/mol. The van der Waals surface area contributed by atoms with Crippen LogP contribution in [-0.2, 0) is 0 Å². The Morgan fingerprint density at radius 2 is 2.00 bits per heavy atom. The Kier molecular flexibility index (Phi) is 4.48. The van der Waals surface area contributed by atoms with E-state index in [1.54, 1.807) is 18.4 Å². The number of nitrogens with zero attached hydrogens (tertiary/aromatic N) is 1. The minimum Gasteiger partial charge on any atom is -0.495 e. The van der Waals surface area contributed by atoms with Crippen LogP contribution in [0.4, 0.5) is 5.13 Å². The Bertz CT molecular complexity index is 606. The molecule has 0 aliphatic heterocycles. The lowest BCUT2D eigenvalue weighted by Gasteiger charge is -2.22. The van der Waals surface area contributed by atoms with Crippen molar-refractivity contribution in [1.29, 1.82) is 0 Å². The zero-order chi connectivity index (χ0) is 14.7. The van der Waals surface area contributed by atoms with Gasteiger partial charge in [-0.25, -0.2) is 4.98 Å². The van der Waals surface area contributed by atoms with Crippen LogP contribution in [0.3, 0.4) is 0 Å². The summed E-state index contributed by atoms with van der Waals surface area (Å²) < 4.78 is 12.2. The van der Waals surface area contributed by atoms with Crippen molar-refractivity contribution in [1.82, 2.24) is 4.98 Å². The van der Waals surface area contributed by atoms with Crippen LogP contribution in [0.1, 0.15) is 39.0 Å². The number of hydrogen-bond acceptors (Lipinski definition) is 5. The van der Waals surface area contributed by atoms with E-state index in [-0.39, 0.29) is 0 Å². The molecule has 0 atom stereocenters. The first-order valence-electron chi connectivity index (χ1n) is 7.68. The molecule has 0 saturated heterocycles. The van der Waals surface area contributed by atoms with Gasteiger partial charge < -0.3 is 14.8 Å². The van der Waals surface area contributed by atoms with Gasteiger partial charge in [0.2, 0.25) is 0 Å². The molecule has 0 amide bonds. The van der Waals surface area contributed by atoms with Gasteiger partial charge in [-0.15, -0.1) is 0 Å². The molecule has 0 bridgehead atoms. The molecular weight excluding hydrogens is 284 g/mol. The molecule has 0 spiro atoms. The number of rotatable bonds is 5. The largest absolute Gasteiger partial charge is 0.495 e. The summed E-state index contributed by atoms with van der Waals surface area (Å²) in [6, 6.07) is 4.45.